The molecule has 10 heteroatoms. The van der Waals surface area contributed by atoms with E-state index in [4.69, 9.17) is 9.97 Å². The largest absolute Gasteiger partial charge is 0.393 e. The molecule has 3 aliphatic rings. The van der Waals surface area contributed by atoms with E-state index in [2.05, 4.69) is 54.3 Å². The molecule has 3 atom stereocenters. The number of fused-ring (bicyclic) bond motifs is 2. The third-order valence-corrected chi connectivity index (χ3v) is 11.3. The smallest absolute Gasteiger partial charge is 0.280 e. The quantitative estimate of drug-likeness (QED) is 0.305. The number of aliphatic hydroxyl groups excluding tert-OH is 1. The Kier molecular flexibility index (Phi) is 10.1. The minimum Gasteiger partial charge on any atom is -0.393 e. The lowest BCUT2D eigenvalue weighted by Crippen LogP contribution is -2.38. The van der Waals surface area contributed by atoms with E-state index in [0.717, 1.165) is 92.9 Å². The van der Waals surface area contributed by atoms with Crippen LogP contribution in [0.3, 0.4) is 0 Å². The van der Waals surface area contributed by atoms with Crippen LogP contribution in [0.5, 0.6) is 0 Å². The van der Waals surface area contributed by atoms with Crippen LogP contribution >= 0.6 is 11.3 Å². The summed E-state index contributed by atoms with van der Waals surface area (Å²) in [5, 5.41) is 16.8. The molecule has 3 aromatic rings. The number of likely N-dealkylation sites (tertiary alicyclic amines) is 2. The summed E-state index contributed by atoms with van der Waals surface area (Å²) >= 11 is 1.35. The van der Waals surface area contributed by atoms with Gasteiger partial charge >= 0.3 is 0 Å². The van der Waals surface area contributed by atoms with E-state index in [1.807, 2.05) is 24.3 Å². The average Bonchev–Trinajstić information content (AvgIpc) is 3.66. The molecule has 2 amide bonds. The number of hydrogen-bond donors (Lipinski definition) is 3. The Balaban J connectivity index is 1.18. The summed E-state index contributed by atoms with van der Waals surface area (Å²) in [4.78, 5) is 42.1. The summed E-state index contributed by atoms with van der Waals surface area (Å²) < 4.78 is 0. The molecule has 0 radical (unpaired) electrons. The maximum absolute atomic E-state index is 13.8. The van der Waals surface area contributed by atoms with E-state index in [1.54, 1.807) is 0 Å². The maximum Gasteiger partial charge on any atom is 0.280 e. The highest BCUT2D eigenvalue weighted by Crippen LogP contribution is 2.38. The Hall–Kier alpha value is -2.92. The molecule has 4 heterocycles. The number of carbonyl (C=O) groups excluding carboxylic acids is 2. The van der Waals surface area contributed by atoms with E-state index in [0.29, 0.717) is 35.4 Å². The molecule has 1 aromatic carbocycles. The number of aryl methyl sites for hydroxylation is 1. The SMILES string of the molecule is CN1CCC(CNC(=O)c2cccc(C(CCN3CCC(O)CC3)NC(=O)c3nc4cc5c(nc4s3)CC[C@H](C(C)(C)C)C5)c2)C1. The predicted octanol–water partition coefficient (Wildman–Crippen LogP) is 4.84. The topological polar surface area (TPSA) is 111 Å². The molecule has 6 rings (SSSR count). The van der Waals surface area contributed by atoms with Crippen molar-refractivity contribution < 1.29 is 14.7 Å². The van der Waals surface area contributed by atoms with Crippen molar-refractivity contribution in [3.8, 4) is 0 Å². The minimum absolute atomic E-state index is 0.0820. The van der Waals surface area contributed by atoms with Gasteiger partial charge in [0.1, 0.15) is 10.3 Å². The van der Waals surface area contributed by atoms with Crippen molar-refractivity contribution in [3.05, 3.63) is 57.7 Å². The van der Waals surface area contributed by atoms with Crippen LogP contribution < -0.4 is 10.6 Å². The number of aromatic nitrogens is 2. The zero-order chi connectivity index (χ0) is 32.4. The van der Waals surface area contributed by atoms with Gasteiger partial charge in [0.2, 0.25) is 0 Å². The lowest BCUT2D eigenvalue weighted by atomic mass is 9.71. The van der Waals surface area contributed by atoms with E-state index in [9.17, 15) is 14.7 Å². The summed E-state index contributed by atoms with van der Waals surface area (Å²) in [7, 11) is 2.12. The molecule has 248 valence electrons. The van der Waals surface area contributed by atoms with Crippen LogP contribution in [0.2, 0.25) is 0 Å². The molecular formula is C36H50N6O3S. The molecule has 0 spiro atoms. The number of amides is 2. The fourth-order valence-corrected chi connectivity index (χ4v) is 8.12. The first-order valence-corrected chi connectivity index (χ1v) is 17.9. The van der Waals surface area contributed by atoms with Gasteiger partial charge in [-0.1, -0.05) is 44.2 Å². The van der Waals surface area contributed by atoms with E-state index in [-0.39, 0.29) is 29.4 Å². The molecule has 2 saturated heterocycles. The van der Waals surface area contributed by atoms with Crippen LogP contribution in [0, 0.1) is 17.3 Å². The molecule has 9 nitrogen and oxygen atoms in total. The molecule has 2 aromatic heterocycles. The molecule has 46 heavy (non-hydrogen) atoms. The lowest BCUT2D eigenvalue weighted by Gasteiger charge is -2.34. The summed E-state index contributed by atoms with van der Waals surface area (Å²) in [6.07, 6.45) is 6.18. The zero-order valence-electron chi connectivity index (χ0n) is 27.8. The molecule has 0 saturated carbocycles. The number of rotatable bonds is 9. The van der Waals surface area contributed by atoms with Crippen LogP contribution in [-0.4, -0.2) is 89.1 Å². The summed E-state index contributed by atoms with van der Waals surface area (Å²) in [6.45, 7) is 12.1. The number of thiazole rings is 1. The first kappa shape index (κ1) is 33.0. The lowest BCUT2D eigenvalue weighted by molar-refractivity contribution is 0.0795. The first-order valence-electron chi connectivity index (χ1n) is 17.1. The van der Waals surface area contributed by atoms with Gasteiger partial charge in [0.15, 0.2) is 5.01 Å². The standard InChI is InChI=1S/C36H50N6O3S/c1-36(2,3)27-8-9-29-26(19-27)20-31-34(39-29)46-35(40-31)33(45)38-30(13-17-42-15-11-28(43)12-16-42)24-6-5-7-25(18-24)32(44)37-21-23-10-14-41(4)22-23/h5-7,18,20,23,27-28,30,43H,8-17,19,21-22H2,1-4H3,(H,37,44)(H,38,45)/t23?,27-,30?/m0/s1. The molecule has 2 unspecified atom stereocenters. The van der Waals surface area contributed by atoms with Gasteiger partial charge in [0, 0.05) is 44.0 Å². The van der Waals surface area contributed by atoms with Gasteiger partial charge in [0.25, 0.3) is 11.8 Å². The second-order valence-electron chi connectivity index (χ2n) is 14.9. The van der Waals surface area contributed by atoms with Crippen molar-refractivity contribution in [2.75, 3.05) is 46.3 Å². The third-order valence-electron chi connectivity index (χ3n) is 10.4. The maximum atomic E-state index is 13.8. The van der Waals surface area contributed by atoms with Gasteiger partial charge < -0.3 is 25.5 Å². The fourth-order valence-electron chi connectivity index (χ4n) is 7.27. The third kappa shape index (κ3) is 7.95. The fraction of sp³-hybridized carbons (Fsp3) is 0.611. The number of carbonyl (C=O) groups is 2. The van der Waals surface area contributed by atoms with E-state index in [1.165, 1.54) is 16.9 Å². The highest BCUT2D eigenvalue weighted by atomic mass is 32.1. The molecule has 3 N–H and O–H groups in total. The van der Waals surface area contributed by atoms with Crippen LogP contribution in [0.4, 0.5) is 0 Å². The summed E-state index contributed by atoms with van der Waals surface area (Å²) in [5.74, 6) is 0.780. The normalized spacial score (nSPS) is 22.1. The van der Waals surface area contributed by atoms with Gasteiger partial charge in [-0.05, 0) is 105 Å². The highest BCUT2D eigenvalue weighted by Gasteiger charge is 2.30. The minimum atomic E-state index is -0.295. The Morgan fingerprint density at radius 1 is 1.07 bits per heavy atom. The Morgan fingerprint density at radius 2 is 1.87 bits per heavy atom. The number of nitrogens with zero attached hydrogens (tertiary/aromatic N) is 4. The molecule has 1 aliphatic carbocycles. The molecule has 0 bridgehead atoms. The highest BCUT2D eigenvalue weighted by molar-refractivity contribution is 7.19. The van der Waals surface area contributed by atoms with E-state index >= 15 is 0 Å². The van der Waals surface area contributed by atoms with Gasteiger partial charge in [-0.2, -0.15) is 0 Å². The van der Waals surface area contributed by atoms with E-state index < -0.39 is 0 Å². The van der Waals surface area contributed by atoms with Gasteiger partial charge in [0.05, 0.1) is 12.1 Å². The molecular weight excluding hydrogens is 597 g/mol. The summed E-state index contributed by atoms with van der Waals surface area (Å²) in [5.41, 5.74) is 4.94. The monoisotopic (exact) mass is 646 g/mol. The molecule has 2 fully saturated rings. The first-order chi connectivity index (χ1) is 22.0. The van der Waals surface area contributed by atoms with Crippen molar-refractivity contribution in [2.24, 2.45) is 17.3 Å². The van der Waals surface area contributed by atoms with Crippen molar-refractivity contribution >= 4 is 33.5 Å². The van der Waals surface area contributed by atoms with Crippen LogP contribution in [0.15, 0.2) is 30.3 Å². The van der Waals surface area contributed by atoms with Gasteiger partial charge in [-0.15, -0.1) is 0 Å². The van der Waals surface area contributed by atoms with Crippen LogP contribution in [0.25, 0.3) is 10.3 Å². The number of pyridine rings is 1. The number of piperidine rings is 1. The van der Waals surface area contributed by atoms with Crippen LogP contribution in [0.1, 0.15) is 95.9 Å². The number of nitrogens with one attached hydrogen (secondary N) is 2. The number of aliphatic hydroxyl groups is 1. The Morgan fingerprint density at radius 3 is 2.61 bits per heavy atom. The molecule has 2 aliphatic heterocycles. The van der Waals surface area contributed by atoms with Gasteiger partial charge in [-0.3, -0.25) is 9.59 Å². The second kappa shape index (κ2) is 14.1. The second-order valence-corrected chi connectivity index (χ2v) is 15.9. The van der Waals surface area contributed by atoms with Crippen molar-refractivity contribution in [3.63, 3.8) is 0 Å². The van der Waals surface area contributed by atoms with Crippen molar-refractivity contribution in [1.82, 2.24) is 30.4 Å². The predicted molar refractivity (Wildman–Crippen MR) is 183 cm³/mol. The zero-order valence-corrected chi connectivity index (χ0v) is 28.7. The number of benzene rings is 1. The van der Waals surface area contributed by atoms with Crippen molar-refractivity contribution in [2.45, 2.75) is 77.9 Å². The summed E-state index contributed by atoms with van der Waals surface area (Å²) in [6, 6.07) is 9.51. The average molecular weight is 647 g/mol. The Labute approximate surface area is 277 Å². The van der Waals surface area contributed by atoms with Gasteiger partial charge in [-0.25, -0.2) is 9.97 Å². The number of hydrogen-bond acceptors (Lipinski definition) is 8. The van der Waals surface area contributed by atoms with Crippen molar-refractivity contribution in [1.29, 1.82) is 0 Å². The Bertz CT molecular complexity index is 1540. The van der Waals surface area contributed by atoms with Crippen LogP contribution in [-0.2, 0) is 12.8 Å².